The Morgan fingerprint density at radius 3 is 2.73 bits per heavy atom. The van der Waals surface area contributed by atoms with E-state index in [1.54, 1.807) is 0 Å². The molecule has 0 spiro atoms. The topological polar surface area (TPSA) is 43.8 Å². The molecule has 0 aliphatic heterocycles. The summed E-state index contributed by atoms with van der Waals surface area (Å²) in [6, 6.07) is 0. The first-order valence-electron chi connectivity index (χ1n) is 5.78. The van der Waals surface area contributed by atoms with Gasteiger partial charge in [0.25, 0.3) is 0 Å². The molecule has 3 nitrogen and oxygen atoms in total. The van der Waals surface area contributed by atoms with Gasteiger partial charge in [0.05, 0.1) is 0 Å². The van der Waals surface area contributed by atoms with E-state index in [0.29, 0.717) is 11.2 Å². The average molecular weight is 207 g/mol. The number of aryl methyl sites for hydroxylation is 2. The molecule has 1 fully saturated rings. The monoisotopic (exact) mass is 207 g/mol. The third-order valence-corrected chi connectivity index (χ3v) is 3.64. The molecular formula is C12H21N3. The summed E-state index contributed by atoms with van der Waals surface area (Å²) in [5.41, 5.74) is 7.39. The number of hydrogen-bond acceptors (Lipinski definition) is 2. The first-order chi connectivity index (χ1) is 6.99. The van der Waals surface area contributed by atoms with Crippen LogP contribution in [0.5, 0.6) is 0 Å². The van der Waals surface area contributed by atoms with Crippen LogP contribution in [-0.2, 0) is 6.54 Å². The minimum absolute atomic E-state index is 0.610. The zero-order valence-electron chi connectivity index (χ0n) is 9.95. The Morgan fingerprint density at radius 2 is 2.27 bits per heavy atom. The van der Waals surface area contributed by atoms with Crippen LogP contribution in [0.25, 0.3) is 0 Å². The lowest BCUT2D eigenvalue weighted by Crippen LogP contribution is -2.01. The fraction of sp³-hybridized carbons (Fsp3) is 0.750. The third kappa shape index (κ3) is 2.33. The zero-order chi connectivity index (χ0) is 11.1. The summed E-state index contributed by atoms with van der Waals surface area (Å²) in [5.74, 6) is 1.60. The molecule has 1 saturated carbocycles. The van der Waals surface area contributed by atoms with Crippen molar-refractivity contribution in [3.05, 3.63) is 11.8 Å². The highest BCUT2D eigenvalue weighted by molar-refractivity contribution is 5.35. The Bertz CT molecular complexity index is 332. The summed E-state index contributed by atoms with van der Waals surface area (Å²) < 4.78 is 1.97. The minimum atomic E-state index is 0.610. The van der Waals surface area contributed by atoms with Crippen molar-refractivity contribution in [3.63, 3.8) is 0 Å². The predicted molar refractivity (Wildman–Crippen MR) is 62.5 cm³/mol. The summed E-state index contributed by atoms with van der Waals surface area (Å²) in [6.45, 7) is 7.72. The molecule has 0 bridgehead atoms. The molecule has 0 amide bonds. The van der Waals surface area contributed by atoms with E-state index in [1.807, 2.05) is 17.8 Å². The van der Waals surface area contributed by atoms with E-state index >= 15 is 0 Å². The van der Waals surface area contributed by atoms with Crippen molar-refractivity contribution in [1.29, 1.82) is 0 Å². The molecule has 1 aromatic rings. The lowest BCUT2D eigenvalue weighted by molar-refractivity contribution is 0.480. The van der Waals surface area contributed by atoms with Crippen molar-refractivity contribution in [2.45, 2.75) is 46.6 Å². The lowest BCUT2D eigenvalue weighted by Gasteiger charge is -2.03. The Hall–Kier alpha value is -0.990. The number of nitrogens with two attached hydrogens (primary N) is 1. The van der Waals surface area contributed by atoms with E-state index in [2.05, 4.69) is 18.9 Å². The van der Waals surface area contributed by atoms with Gasteiger partial charge in [-0.05, 0) is 37.5 Å². The standard InChI is InChI=1S/C12H21N3/c1-9-8-15(14-11(9)13)6-4-5-10-7-12(10,2)3/h8,10H,4-7H2,1-3H3,(H2,13,14). The van der Waals surface area contributed by atoms with E-state index < -0.39 is 0 Å². The van der Waals surface area contributed by atoms with Gasteiger partial charge >= 0.3 is 0 Å². The molecule has 2 rings (SSSR count). The van der Waals surface area contributed by atoms with Gasteiger partial charge in [-0.25, -0.2) is 0 Å². The molecule has 1 aliphatic carbocycles. The van der Waals surface area contributed by atoms with Crippen molar-refractivity contribution in [2.24, 2.45) is 11.3 Å². The summed E-state index contributed by atoms with van der Waals surface area (Å²) in [5, 5.41) is 4.26. The van der Waals surface area contributed by atoms with Gasteiger partial charge in [-0.15, -0.1) is 0 Å². The van der Waals surface area contributed by atoms with Gasteiger partial charge in [0.1, 0.15) is 5.82 Å². The molecular weight excluding hydrogens is 186 g/mol. The van der Waals surface area contributed by atoms with Gasteiger partial charge in [-0.1, -0.05) is 13.8 Å². The highest BCUT2D eigenvalue weighted by atomic mass is 15.3. The second-order valence-corrected chi connectivity index (χ2v) is 5.49. The van der Waals surface area contributed by atoms with Gasteiger partial charge in [0.15, 0.2) is 0 Å². The van der Waals surface area contributed by atoms with Gasteiger partial charge in [-0.3, -0.25) is 4.68 Å². The van der Waals surface area contributed by atoms with Crippen LogP contribution >= 0.6 is 0 Å². The average Bonchev–Trinajstić information content (AvgIpc) is 2.59. The molecule has 0 radical (unpaired) electrons. The smallest absolute Gasteiger partial charge is 0.148 e. The van der Waals surface area contributed by atoms with Crippen LogP contribution in [0.4, 0.5) is 5.82 Å². The number of rotatable bonds is 4. The largest absolute Gasteiger partial charge is 0.382 e. The van der Waals surface area contributed by atoms with Crippen LogP contribution in [-0.4, -0.2) is 9.78 Å². The molecule has 1 heterocycles. The summed E-state index contributed by atoms with van der Waals surface area (Å²) in [7, 11) is 0. The molecule has 0 saturated heterocycles. The van der Waals surface area contributed by atoms with Gasteiger partial charge in [0.2, 0.25) is 0 Å². The van der Waals surface area contributed by atoms with Crippen LogP contribution in [0.15, 0.2) is 6.20 Å². The van der Waals surface area contributed by atoms with Crippen LogP contribution < -0.4 is 5.73 Å². The number of nitrogens with zero attached hydrogens (tertiary/aromatic N) is 2. The number of hydrogen-bond donors (Lipinski definition) is 1. The molecule has 1 unspecified atom stereocenters. The Balaban J connectivity index is 1.75. The lowest BCUT2D eigenvalue weighted by atomic mass is 10.1. The molecule has 2 N–H and O–H groups in total. The highest BCUT2D eigenvalue weighted by Gasteiger charge is 2.44. The normalized spacial score (nSPS) is 23.0. The van der Waals surface area contributed by atoms with Crippen molar-refractivity contribution < 1.29 is 0 Å². The van der Waals surface area contributed by atoms with E-state index in [9.17, 15) is 0 Å². The number of anilines is 1. The van der Waals surface area contributed by atoms with Crippen LogP contribution in [0.3, 0.4) is 0 Å². The first-order valence-corrected chi connectivity index (χ1v) is 5.78. The van der Waals surface area contributed by atoms with Gasteiger partial charge < -0.3 is 5.73 Å². The highest BCUT2D eigenvalue weighted by Crippen LogP contribution is 2.54. The maximum Gasteiger partial charge on any atom is 0.148 e. The molecule has 0 aromatic carbocycles. The van der Waals surface area contributed by atoms with Crippen molar-refractivity contribution in [2.75, 3.05) is 5.73 Å². The van der Waals surface area contributed by atoms with E-state index in [1.165, 1.54) is 19.3 Å². The second kappa shape index (κ2) is 3.54. The molecule has 1 aliphatic rings. The fourth-order valence-electron chi connectivity index (χ4n) is 2.22. The maximum atomic E-state index is 5.70. The molecule has 15 heavy (non-hydrogen) atoms. The molecule has 1 atom stereocenters. The SMILES string of the molecule is Cc1cn(CCCC2CC2(C)C)nc1N. The Kier molecular flexibility index (Phi) is 2.49. The van der Waals surface area contributed by atoms with Crippen molar-refractivity contribution in [1.82, 2.24) is 9.78 Å². The van der Waals surface area contributed by atoms with Crippen LogP contribution in [0.2, 0.25) is 0 Å². The number of aromatic nitrogens is 2. The molecule has 1 aromatic heterocycles. The second-order valence-electron chi connectivity index (χ2n) is 5.49. The predicted octanol–water partition coefficient (Wildman–Crippen LogP) is 2.60. The van der Waals surface area contributed by atoms with E-state index in [-0.39, 0.29) is 0 Å². The van der Waals surface area contributed by atoms with E-state index in [0.717, 1.165) is 18.0 Å². The fourth-order valence-corrected chi connectivity index (χ4v) is 2.22. The molecule has 3 heteroatoms. The third-order valence-electron chi connectivity index (χ3n) is 3.64. The Morgan fingerprint density at radius 1 is 1.60 bits per heavy atom. The zero-order valence-corrected chi connectivity index (χ0v) is 9.95. The van der Waals surface area contributed by atoms with Gasteiger partial charge in [-0.2, -0.15) is 5.10 Å². The summed E-state index contributed by atoms with van der Waals surface area (Å²) >= 11 is 0. The molecule has 84 valence electrons. The van der Waals surface area contributed by atoms with Crippen molar-refractivity contribution >= 4 is 5.82 Å². The first kappa shape index (κ1) is 10.5. The summed E-state index contributed by atoms with van der Waals surface area (Å²) in [4.78, 5) is 0. The maximum absolute atomic E-state index is 5.70. The quantitative estimate of drug-likeness (QED) is 0.824. The van der Waals surface area contributed by atoms with Crippen LogP contribution in [0.1, 0.15) is 38.7 Å². The van der Waals surface area contributed by atoms with Crippen molar-refractivity contribution in [3.8, 4) is 0 Å². The van der Waals surface area contributed by atoms with Crippen LogP contribution in [0, 0.1) is 18.3 Å². The number of nitrogen functional groups attached to an aromatic ring is 1. The summed E-state index contributed by atoms with van der Waals surface area (Å²) in [6.07, 6.45) is 5.97. The van der Waals surface area contributed by atoms with E-state index in [4.69, 9.17) is 5.73 Å². The minimum Gasteiger partial charge on any atom is -0.382 e. The Labute approximate surface area is 91.7 Å². The van der Waals surface area contributed by atoms with Gasteiger partial charge in [0, 0.05) is 18.3 Å².